The molecule has 240 valence electrons. The number of rotatable bonds is 11. The molecule has 2 aromatic carbocycles. The van der Waals surface area contributed by atoms with Crippen LogP contribution in [0.15, 0.2) is 66.7 Å². The first kappa shape index (κ1) is 31.5. The molecule has 0 unspecified atom stereocenters. The Hall–Kier alpha value is -3.49. The predicted molar refractivity (Wildman–Crippen MR) is 175 cm³/mol. The number of fused-ring (bicyclic) bond motifs is 1. The molecule has 8 heteroatoms. The summed E-state index contributed by atoms with van der Waals surface area (Å²) in [4.78, 5) is 46.6. The standard InChI is InChI=1S/C37H48N4O4/c1-5-40(23-27-14-7-6-8-15-27)20-11-21-41-33(35(43)39-29-17-10-13-25(3)26(29)4)37-19-18-30(45-37)31(32(37)36(41)44)34(42)38-28-16-9-12-24(2)22-28/h6-9,12,14-16,18-19,22,25-26,29-33H,5,10-11,13,17,20-21,23H2,1-4H3,(H,38,42)(H,39,43)/t25-,26-,29-,30+,31-,32+,33+,37+/m1/s1. The molecule has 1 aliphatic carbocycles. The predicted octanol–water partition coefficient (Wildman–Crippen LogP) is 4.94. The molecule has 2 N–H and O–H groups in total. The molecule has 2 aromatic rings. The van der Waals surface area contributed by atoms with Gasteiger partial charge >= 0.3 is 0 Å². The van der Waals surface area contributed by atoms with Gasteiger partial charge in [0.25, 0.3) is 0 Å². The molecular weight excluding hydrogens is 564 g/mol. The normalized spacial score (nSPS) is 31.8. The van der Waals surface area contributed by atoms with Crippen molar-refractivity contribution in [3.8, 4) is 0 Å². The molecule has 1 spiro atoms. The second-order valence-corrected chi connectivity index (χ2v) is 13.7. The Morgan fingerprint density at radius 2 is 1.87 bits per heavy atom. The number of nitrogens with one attached hydrogen (secondary N) is 2. The average Bonchev–Trinajstić information content (AvgIpc) is 3.67. The molecule has 4 aliphatic rings. The lowest BCUT2D eigenvalue weighted by Gasteiger charge is -2.38. The van der Waals surface area contributed by atoms with Crippen molar-refractivity contribution in [1.82, 2.24) is 15.1 Å². The summed E-state index contributed by atoms with van der Waals surface area (Å²) < 4.78 is 6.57. The number of aryl methyl sites for hydroxylation is 1. The molecule has 3 aliphatic heterocycles. The molecule has 2 bridgehead atoms. The van der Waals surface area contributed by atoms with Gasteiger partial charge in [0, 0.05) is 31.4 Å². The minimum Gasteiger partial charge on any atom is -0.359 e. The van der Waals surface area contributed by atoms with Gasteiger partial charge in [0.05, 0.1) is 17.9 Å². The van der Waals surface area contributed by atoms with E-state index in [2.05, 4.69) is 60.6 Å². The molecule has 3 amide bonds. The van der Waals surface area contributed by atoms with Crippen LogP contribution in [0.1, 0.15) is 57.6 Å². The molecule has 8 atom stereocenters. The van der Waals surface area contributed by atoms with E-state index in [1.807, 2.05) is 49.4 Å². The van der Waals surface area contributed by atoms with E-state index in [0.717, 1.165) is 44.5 Å². The van der Waals surface area contributed by atoms with Gasteiger partial charge in [-0.25, -0.2) is 0 Å². The highest BCUT2D eigenvalue weighted by Gasteiger charge is 2.72. The maximum atomic E-state index is 14.4. The Balaban J connectivity index is 1.24. The van der Waals surface area contributed by atoms with E-state index in [4.69, 9.17) is 4.74 Å². The van der Waals surface area contributed by atoms with Crippen molar-refractivity contribution in [3.05, 3.63) is 77.9 Å². The van der Waals surface area contributed by atoms with Crippen LogP contribution in [0.2, 0.25) is 0 Å². The van der Waals surface area contributed by atoms with Crippen molar-refractivity contribution in [1.29, 1.82) is 0 Å². The number of hydrogen-bond acceptors (Lipinski definition) is 5. The largest absolute Gasteiger partial charge is 0.359 e. The quantitative estimate of drug-likeness (QED) is 0.351. The lowest BCUT2D eigenvalue weighted by molar-refractivity contribution is -0.141. The van der Waals surface area contributed by atoms with Crippen LogP contribution in [-0.4, -0.2) is 70.9 Å². The molecule has 3 heterocycles. The lowest BCUT2D eigenvalue weighted by atomic mass is 9.73. The monoisotopic (exact) mass is 612 g/mol. The SMILES string of the molecule is CCN(CCCN1C(=O)[C@@H]2[C@H](C(=O)Nc3cccc(C)c3)[C@@H]3C=C[C@@]2(O3)[C@@H]1C(=O)N[C@@H]1CCC[C@@H](C)[C@H]1C)Cc1ccccc1. The second-order valence-electron chi connectivity index (χ2n) is 13.7. The molecule has 0 aromatic heterocycles. The maximum absolute atomic E-state index is 14.4. The average molecular weight is 613 g/mol. The smallest absolute Gasteiger partial charge is 0.246 e. The minimum atomic E-state index is -1.15. The number of carbonyl (C=O) groups excluding carboxylic acids is 3. The van der Waals surface area contributed by atoms with Crippen molar-refractivity contribution < 1.29 is 19.1 Å². The van der Waals surface area contributed by atoms with E-state index in [1.54, 1.807) is 4.90 Å². The Kier molecular flexibility index (Phi) is 9.16. The number of carbonyl (C=O) groups is 3. The van der Waals surface area contributed by atoms with Gasteiger partial charge in [-0.2, -0.15) is 0 Å². The second kappa shape index (κ2) is 13.1. The van der Waals surface area contributed by atoms with Gasteiger partial charge < -0.3 is 20.3 Å². The highest BCUT2D eigenvalue weighted by atomic mass is 16.5. The summed E-state index contributed by atoms with van der Waals surface area (Å²) in [7, 11) is 0. The van der Waals surface area contributed by atoms with Crippen LogP contribution in [0.25, 0.3) is 0 Å². The van der Waals surface area contributed by atoms with Crippen molar-refractivity contribution >= 4 is 23.4 Å². The Morgan fingerprint density at radius 1 is 1.07 bits per heavy atom. The summed E-state index contributed by atoms with van der Waals surface area (Å²) in [5.41, 5.74) is 1.82. The molecule has 0 radical (unpaired) electrons. The summed E-state index contributed by atoms with van der Waals surface area (Å²) in [6.07, 6.45) is 7.13. The molecule has 8 nitrogen and oxygen atoms in total. The van der Waals surface area contributed by atoms with Crippen molar-refractivity contribution in [2.24, 2.45) is 23.7 Å². The van der Waals surface area contributed by atoms with Gasteiger partial charge in [-0.1, -0.05) is 88.2 Å². The van der Waals surface area contributed by atoms with E-state index < -0.39 is 29.6 Å². The molecule has 45 heavy (non-hydrogen) atoms. The molecule has 2 saturated heterocycles. The van der Waals surface area contributed by atoms with Gasteiger partial charge in [0.15, 0.2) is 0 Å². The summed E-state index contributed by atoms with van der Waals surface area (Å²) in [5, 5.41) is 6.39. The van der Waals surface area contributed by atoms with Crippen LogP contribution in [0.3, 0.4) is 0 Å². The third kappa shape index (κ3) is 6.07. The number of amides is 3. The van der Waals surface area contributed by atoms with Crippen LogP contribution >= 0.6 is 0 Å². The number of anilines is 1. The fourth-order valence-electron chi connectivity index (χ4n) is 8.16. The van der Waals surface area contributed by atoms with E-state index in [1.165, 1.54) is 5.56 Å². The third-order valence-corrected chi connectivity index (χ3v) is 10.8. The zero-order valence-corrected chi connectivity index (χ0v) is 27.1. The van der Waals surface area contributed by atoms with Crippen LogP contribution in [0, 0.1) is 30.6 Å². The number of hydrogen-bond donors (Lipinski definition) is 2. The molecule has 3 fully saturated rings. The van der Waals surface area contributed by atoms with Gasteiger partial charge in [0.2, 0.25) is 17.7 Å². The molecule has 1 saturated carbocycles. The number of benzene rings is 2. The fourth-order valence-corrected chi connectivity index (χ4v) is 8.16. The van der Waals surface area contributed by atoms with Gasteiger partial charge in [0.1, 0.15) is 11.6 Å². The lowest BCUT2D eigenvalue weighted by Crippen LogP contribution is -2.58. The summed E-state index contributed by atoms with van der Waals surface area (Å²) in [6, 6.07) is 17.3. The first-order chi connectivity index (χ1) is 21.7. The van der Waals surface area contributed by atoms with Crippen LogP contribution in [0.4, 0.5) is 5.69 Å². The summed E-state index contributed by atoms with van der Waals surface area (Å²) in [5.74, 6) is -1.16. The Labute approximate surface area is 267 Å². The van der Waals surface area contributed by atoms with E-state index in [9.17, 15) is 14.4 Å². The van der Waals surface area contributed by atoms with Crippen LogP contribution < -0.4 is 10.6 Å². The van der Waals surface area contributed by atoms with E-state index in [0.29, 0.717) is 30.5 Å². The zero-order valence-electron chi connectivity index (χ0n) is 27.1. The topological polar surface area (TPSA) is 91.0 Å². The highest BCUT2D eigenvalue weighted by molar-refractivity contribution is 6.02. The summed E-state index contributed by atoms with van der Waals surface area (Å²) in [6.45, 7) is 11.5. The fraction of sp³-hybridized carbons (Fsp3) is 0.541. The summed E-state index contributed by atoms with van der Waals surface area (Å²) >= 11 is 0. The van der Waals surface area contributed by atoms with Crippen LogP contribution in [0.5, 0.6) is 0 Å². The first-order valence-electron chi connectivity index (χ1n) is 16.8. The molecular formula is C37H48N4O4. The Bertz CT molecular complexity index is 1430. The van der Waals surface area contributed by atoms with Crippen molar-refractivity contribution in [2.45, 2.75) is 83.7 Å². The van der Waals surface area contributed by atoms with Crippen LogP contribution in [-0.2, 0) is 25.7 Å². The van der Waals surface area contributed by atoms with E-state index >= 15 is 0 Å². The Morgan fingerprint density at radius 3 is 2.62 bits per heavy atom. The van der Waals surface area contributed by atoms with Crippen molar-refractivity contribution in [3.63, 3.8) is 0 Å². The number of nitrogens with zero attached hydrogens (tertiary/aromatic N) is 2. The maximum Gasteiger partial charge on any atom is 0.246 e. The highest BCUT2D eigenvalue weighted by Crippen LogP contribution is 2.55. The van der Waals surface area contributed by atoms with Gasteiger partial charge in [-0.15, -0.1) is 0 Å². The number of likely N-dealkylation sites (tertiary alicyclic amines) is 1. The molecule has 6 rings (SSSR count). The number of ether oxygens (including phenoxy) is 1. The first-order valence-corrected chi connectivity index (χ1v) is 16.8. The van der Waals surface area contributed by atoms with E-state index in [-0.39, 0.29) is 23.8 Å². The minimum absolute atomic E-state index is 0.0538. The van der Waals surface area contributed by atoms with Gasteiger partial charge in [-0.05, 0) is 61.4 Å². The van der Waals surface area contributed by atoms with Crippen molar-refractivity contribution in [2.75, 3.05) is 25.0 Å². The zero-order chi connectivity index (χ0) is 31.7. The third-order valence-electron chi connectivity index (χ3n) is 10.8. The van der Waals surface area contributed by atoms with Gasteiger partial charge in [-0.3, -0.25) is 19.3 Å².